The number of nitrogens with one attached hydrogen (secondary N) is 2. The molecule has 0 spiro atoms. The number of nitrogens with zero attached hydrogens (tertiary/aromatic N) is 3. The Bertz CT molecular complexity index is 1110. The number of ketones is 1. The average molecular weight is 445 g/mol. The number of fused-ring (bicyclic) bond motifs is 1. The van der Waals surface area contributed by atoms with Crippen LogP contribution in [0.3, 0.4) is 0 Å². The first-order valence-electron chi connectivity index (χ1n) is 10.5. The van der Waals surface area contributed by atoms with Crippen LogP contribution in [0.15, 0.2) is 21.9 Å². The molecule has 0 radical (unpaired) electrons. The van der Waals surface area contributed by atoms with E-state index in [2.05, 4.69) is 15.0 Å². The second-order valence-electron chi connectivity index (χ2n) is 7.81. The first-order chi connectivity index (χ1) is 15.3. The number of piperidine rings is 1. The molecule has 1 atom stereocenters. The van der Waals surface area contributed by atoms with Crippen LogP contribution in [0.1, 0.15) is 31.5 Å². The Kier molecular flexibility index (Phi) is 7.55. The van der Waals surface area contributed by atoms with E-state index in [1.54, 1.807) is 11.9 Å². The number of rotatable bonds is 8. The summed E-state index contributed by atoms with van der Waals surface area (Å²) in [5.74, 6) is -2.45. The normalized spacial score (nSPS) is 15.9. The number of hydrogen-bond acceptors (Lipinski definition) is 6. The van der Waals surface area contributed by atoms with E-state index in [9.17, 15) is 23.2 Å². The largest absolute Gasteiger partial charge is 0.343 e. The van der Waals surface area contributed by atoms with Gasteiger partial charge in [0.2, 0.25) is 5.91 Å². The Morgan fingerprint density at radius 2 is 2.06 bits per heavy atom. The van der Waals surface area contributed by atoms with Crippen LogP contribution in [0.25, 0.3) is 10.9 Å². The van der Waals surface area contributed by atoms with Gasteiger partial charge in [-0.05, 0) is 25.3 Å². The summed E-state index contributed by atoms with van der Waals surface area (Å²) in [4.78, 5) is 49.2. The Morgan fingerprint density at radius 1 is 1.34 bits per heavy atom. The summed E-state index contributed by atoms with van der Waals surface area (Å²) in [6.45, 7) is 0.927. The first-order valence-corrected chi connectivity index (χ1v) is 10.5. The lowest BCUT2D eigenvalue weighted by atomic mass is 9.86. The van der Waals surface area contributed by atoms with Gasteiger partial charge >= 0.3 is 0 Å². The zero-order valence-electron chi connectivity index (χ0n) is 17.7. The summed E-state index contributed by atoms with van der Waals surface area (Å²) in [7, 11) is 1.56. The molecule has 1 aliphatic rings. The van der Waals surface area contributed by atoms with Gasteiger partial charge in [0.25, 0.3) is 5.56 Å². The third-order valence-electron chi connectivity index (χ3n) is 5.65. The molecule has 8 nitrogen and oxygen atoms in total. The van der Waals surface area contributed by atoms with Crippen molar-refractivity contribution in [3.63, 3.8) is 0 Å². The Balaban J connectivity index is 1.52. The number of hydrogen-bond donors (Lipinski definition) is 2. The van der Waals surface area contributed by atoms with Crippen molar-refractivity contribution >= 4 is 35.0 Å². The summed E-state index contributed by atoms with van der Waals surface area (Å²) in [5.41, 5.74) is -0.822. The fourth-order valence-corrected chi connectivity index (χ4v) is 3.94. The lowest BCUT2D eigenvalue weighted by Crippen LogP contribution is -2.41. The van der Waals surface area contributed by atoms with Crippen molar-refractivity contribution < 1.29 is 18.4 Å². The fourth-order valence-electron chi connectivity index (χ4n) is 3.94. The van der Waals surface area contributed by atoms with Crippen LogP contribution in [0.5, 0.6) is 0 Å². The van der Waals surface area contributed by atoms with Gasteiger partial charge in [-0.1, -0.05) is 0 Å². The fraction of sp³-hybridized carbons (Fsp3) is 0.455. The van der Waals surface area contributed by atoms with Gasteiger partial charge in [0, 0.05) is 57.4 Å². The van der Waals surface area contributed by atoms with Crippen LogP contribution in [0, 0.1) is 28.9 Å². The molecule has 1 amide bonds. The molecule has 0 aliphatic carbocycles. The predicted molar refractivity (Wildman–Crippen MR) is 116 cm³/mol. The first kappa shape index (κ1) is 23.4. The van der Waals surface area contributed by atoms with Crippen molar-refractivity contribution in [2.45, 2.75) is 32.1 Å². The number of amides is 1. The van der Waals surface area contributed by atoms with Crippen molar-refractivity contribution in [2.75, 3.05) is 20.1 Å². The summed E-state index contributed by atoms with van der Waals surface area (Å²) in [6, 6.07) is 1.61. The number of H-pyrrole nitrogens is 1. The van der Waals surface area contributed by atoms with Gasteiger partial charge in [-0.2, -0.15) is 0 Å². The van der Waals surface area contributed by atoms with Crippen LogP contribution < -0.4 is 5.56 Å². The number of aryl methyl sites for hydroxylation is 1. The van der Waals surface area contributed by atoms with Gasteiger partial charge in [0.05, 0.1) is 11.3 Å². The van der Waals surface area contributed by atoms with Gasteiger partial charge in [0.1, 0.15) is 22.9 Å². The number of aromatic amines is 1. The van der Waals surface area contributed by atoms with Gasteiger partial charge in [-0.3, -0.25) is 19.4 Å². The smallest absolute Gasteiger partial charge is 0.258 e. The van der Waals surface area contributed by atoms with Crippen LogP contribution in [0.2, 0.25) is 0 Å². The molecule has 1 saturated heterocycles. The number of carbonyl (C=O) groups is 2. The summed E-state index contributed by atoms with van der Waals surface area (Å²) in [6.07, 6.45) is 4.51. The Hall–Kier alpha value is -3.30. The number of halogens is 2. The zero-order valence-corrected chi connectivity index (χ0v) is 17.7. The van der Waals surface area contributed by atoms with Crippen LogP contribution >= 0.6 is 0 Å². The van der Waals surface area contributed by atoms with E-state index in [4.69, 9.17) is 5.41 Å². The second kappa shape index (κ2) is 10.3. The number of carbonyl (C=O) groups excluding carboxylic acids is 2. The number of aliphatic imine (C=N–C) groups is 1. The molecule has 0 bridgehead atoms. The highest BCUT2D eigenvalue weighted by Crippen LogP contribution is 2.22. The maximum Gasteiger partial charge on any atom is 0.258 e. The minimum atomic E-state index is -0.906. The molecule has 1 aromatic carbocycles. The highest BCUT2D eigenvalue weighted by molar-refractivity contribution is 6.08. The molecule has 2 aromatic rings. The van der Waals surface area contributed by atoms with E-state index < -0.39 is 23.1 Å². The molecule has 1 fully saturated rings. The molecule has 1 aromatic heterocycles. The SMILES string of the molecule is CN=CC(C=N)C(=O)C1CCN(C(=O)CCCc2nc3c(F)cc(F)cc3c(=O)[nH]2)CC1. The maximum atomic E-state index is 13.9. The molecule has 1 unspecified atom stereocenters. The van der Waals surface area contributed by atoms with Crippen LogP contribution in [-0.4, -0.2) is 59.1 Å². The topological polar surface area (TPSA) is 119 Å². The van der Waals surface area contributed by atoms with Gasteiger partial charge in [0.15, 0.2) is 5.82 Å². The molecule has 10 heteroatoms. The number of aromatic nitrogens is 2. The molecule has 3 rings (SSSR count). The Morgan fingerprint density at radius 3 is 2.72 bits per heavy atom. The second-order valence-corrected chi connectivity index (χ2v) is 7.81. The highest BCUT2D eigenvalue weighted by atomic mass is 19.1. The van der Waals surface area contributed by atoms with Crippen LogP contribution in [-0.2, 0) is 16.0 Å². The van der Waals surface area contributed by atoms with Crippen molar-refractivity contribution in [1.29, 1.82) is 5.41 Å². The van der Waals surface area contributed by atoms with Gasteiger partial charge < -0.3 is 15.3 Å². The number of likely N-dealkylation sites (tertiary alicyclic amines) is 1. The van der Waals surface area contributed by atoms with Gasteiger partial charge in [-0.15, -0.1) is 0 Å². The zero-order chi connectivity index (χ0) is 23.3. The standard InChI is InChI=1S/C22H25F2N5O3/c1-26-12-14(11-25)21(31)13-5-7-29(8-6-13)19(30)4-2-3-18-27-20-16(22(32)28-18)9-15(23)10-17(20)24/h9-14,25H,2-8H2,1H3,(H,27,28,32). The number of benzene rings is 1. The van der Waals surface area contributed by atoms with Gasteiger partial charge in [-0.25, -0.2) is 13.8 Å². The van der Waals surface area contributed by atoms with Crippen molar-refractivity contribution in [3.8, 4) is 0 Å². The lowest BCUT2D eigenvalue weighted by Gasteiger charge is -2.32. The van der Waals surface area contributed by atoms with E-state index in [0.29, 0.717) is 38.4 Å². The van der Waals surface area contributed by atoms with E-state index in [0.717, 1.165) is 12.3 Å². The molecule has 2 N–H and O–H groups in total. The van der Waals surface area contributed by atoms with E-state index in [1.807, 2.05) is 0 Å². The predicted octanol–water partition coefficient (Wildman–Crippen LogP) is 2.30. The van der Waals surface area contributed by atoms with Crippen molar-refractivity contribution in [3.05, 3.63) is 39.9 Å². The summed E-state index contributed by atoms with van der Waals surface area (Å²) >= 11 is 0. The Labute approximate surface area is 183 Å². The summed E-state index contributed by atoms with van der Waals surface area (Å²) < 4.78 is 27.3. The monoisotopic (exact) mass is 445 g/mol. The average Bonchev–Trinajstić information content (AvgIpc) is 2.78. The quantitative estimate of drug-likeness (QED) is 0.606. The molecular formula is C22H25F2N5O3. The maximum absolute atomic E-state index is 13.9. The highest BCUT2D eigenvalue weighted by Gasteiger charge is 2.30. The van der Waals surface area contributed by atoms with Crippen molar-refractivity contribution in [1.82, 2.24) is 14.9 Å². The van der Waals surface area contributed by atoms with E-state index in [-0.39, 0.29) is 47.2 Å². The van der Waals surface area contributed by atoms with E-state index >= 15 is 0 Å². The molecule has 32 heavy (non-hydrogen) atoms. The third-order valence-corrected chi connectivity index (χ3v) is 5.65. The number of Topliss-reactive ketones (excluding diaryl/α,β-unsaturated/α-hetero) is 1. The van der Waals surface area contributed by atoms with Crippen molar-refractivity contribution in [2.24, 2.45) is 16.8 Å². The lowest BCUT2D eigenvalue weighted by molar-refractivity contribution is -0.135. The summed E-state index contributed by atoms with van der Waals surface area (Å²) in [5, 5.41) is 7.22. The molecule has 170 valence electrons. The minimum absolute atomic E-state index is 0.0452. The molecule has 1 aliphatic heterocycles. The minimum Gasteiger partial charge on any atom is -0.343 e. The van der Waals surface area contributed by atoms with Crippen LogP contribution in [0.4, 0.5) is 8.78 Å². The third kappa shape index (κ3) is 5.30. The molecule has 2 heterocycles. The van der Waals surface area contributed by atoms with E-state index in [1.165, 1.54) is 6.21 Å². The molecule has 0 saturated carbocycles. The molecular weight excluding hydrogens is 420 g/mol.